The van der Waals surface area contributed by atoms with Crippen LogP contribution in [0.1, 0.15) is 66.2 Å². The lowest BCUT2D eigenvalue weighted by Gasteiger charge is -2.26. The van der Waals surface area contributed by atoms with Gasteiger partial charge in [-0.25, -0.2) is 0 Å². The third kappa shape index (κ3) is 7.70. The van der Waals surface area contributed by atoms with Gasteiger partial charge < -0.3 is 11.1 Å². The van der Waals surface area contributed by atoms with Gasteiger partial charge in [-0.1, -0.05) is 53.4 Å². The Bertz CT molecular complexity index is 227. The number of hydrogen-bond acceptors (Lipinski definition) is 2. The third-order valence-electron chi connectivity index (χ3n) is 3.49. The summed E-state index contributed by atoms with van der Waals surface area (Å²) in [5.74, 6) is 0.115. The molecule has 3 nitrogen and oxygen atoms in total. The second-order valence-electron chi connectivity index (χ2n) is 6.06. The molecule has 0 aromatic rings. The van der Waals surface area contributed by atoms with E-state index in [4.69, 9.17) is 5.73 Å². The average molecular weight is 256 g/mol. The fourth-order valence-corrected chi connectivity index (χ4v) is 2.12. The Labute approximate surface area is 113 Å². The van der Waals surface area contributed by atoms with E-state index in [2.05, 4.69) is 33.0 Å². The summed E-state index contributed by atoms with van der Waals surface area (Å²) in [6.45, 7) is 9.96. The van der Waals surface area contributed by atoms with Crippen molar-refractivity contribution in [3.8, 4) is 0 Å². The largest absolute Gasteiger partial charge is 0.355 e. The van der Waals surface area contributed by atoms with E-state index in [1.165, 1.54) is 25.7 Å². The first kappa shape index (κ1) is 17.4. The number of amides is 1. The number of carbonyl (C=O) groups is 1. The maximum atomic E-state index is 11.9. The van der Waals surface area contributed by atoms with Gasteiger partial charge in [0.2, 0.25) is 5.91 Å². The summed E-state index contributed by atoms with van der Waals surface area (Å²) in [5.41, 5.74) is 5.83. The maximum absolute atomic E-state index is 11.9. The highest BCUT2D eigenvalue weighted by molar-refractivity contribution is 5.78. The van der Waals surface area contributed by atoms with Crippen LogP contribution in [-0.2, 0) is 4.79 Å². The molecule has 0 aliphatic rings. The van der Waals surface area contributed by atoms with Crippen molar-refractivity contribution in [1.82, 2.24) is 5.32 Å². The third-order valence-corrected chi connectivity index (χ3v) is 3.49. The minimum absolute atomic E-state index is 0.0126. The summed E-state index contributed by atoms with van der Waals surface area (Å²) < 4.78 is 0. The van der Waals surface area contributed by atoms with Crippen molar-refractivity contribution in [3.63, 3.8) is 0 Å². The van der Waals surface area contributed by atoms with Crippen LogP contribution >= 0.6 is 0 Å². The van der Waals surface area contributed by atoms with Crippen molar-refractivity contribution in [3.05, 3.63) is 0 Å². The van der Waals surface area contributed by atoms with Gasteiger partial charge in [-0.05, 0) is 18.3 Å². The number of nitrogens with two attached hydrogens (primary N) is 1. The normalized spacial score (nSPS) is 13.4. The predicted molar refractivity (Wildman–Crippen MR) is 78.4 cm³/mol. The van der Waals surface area contributed by atoms with Crippen molar-refractivity contribution < 1.29 is 4.79 Å². The lowest BCUT2D eigenvalue weighted by Crippen LogP contribution is -2.40. The zero-order chi connectivity index (χ0) is 14.0. The molecule has 1 amide bonds. The van der Waals surface area contributed by atoms with Crippen LogP contribution in [-0.4, -0.2) is 19.0 Å². The van der Waals surface area contributed by atoms with Gasteiger partial charge in [0.15, 0.2) is 0 Å². The number of nitrogens with one attached hydrogen (secondary N) is 1. The molecule has 0 radical (unpaired) electrons. The fraction of sp³-hybridized carbons (Fsp3) is 0.933. The lowest BCUT2D eigenvalue weighted by molar-refractivity contribution is -0.125. The smallest absolute Gasteiger partial charge is 0.224 e. The Morgan fingerprint density at radius 3 is 2.39 bits per heavy atom. The minimum Gasteiger partial charge on any atom is -0.355 e. The lowest BCUT2D eigenvalue weighted by atomic mass is 9.86. The molecule has 1 atom stereocenters. The van der Waals surface area contributed by atoms with E-state index in [0.717, 1.165) is 19.4 Å². The van der Waals surface area contributed by atoms with E-state index in [9.17, 15) is 4.79 Å². The van der Waals surface area contributed by atoms with Crippen LogP contribution in [0.4, 0.5) is 0 Å². The topological polar surface area (TPSA) is 55.1 Å². The van der Waals surface area contributed by atoms with Crippen LogP contribution in [0.2, 0.25) is 0 Å². The second-order valence-corrected chi connectivity index (χ2v) is 6.06. The Morgan fingerprint density at radius 1 is 1.22 bits per heavy atom. The average Bonchev–Trinajstić information content (AvgIpc) is 2.33. The summed E-state index contributed by atoms with van der Waals surface area (Å²) in [7, 11) is 0. The monoisotopic (exact) mass is 256 g/mol. The SMILES string of the molecule is CCCCCC(C)(C)CNC(=O)C(CN)CCC. The molecule has 0 rings (SSSR count). The molecule has 0 saturated carbocycles. The summed E-state index contributed by atoms with van der Waals surface area (Å²) >= 11 is 0. The number of rotatable bonds is 10. The molecule has 108 valence electrons. The molecular weight excluding hydrogens is 224 g/mol. The van der Waals surface area contributed by atoms with E-state index in [0.29, 0.717) is 6.54 Å². The first-order valence-corrected chi connectivity index (χ1v) is 7.44. The highest BCUT2D eigenvalue weighted by Gasteiger charge is 2.21. The molecule has 3 N–H and O–H groups in total. The molecule has 18 heavy (non-hydrogen) atoms. The summed E-state index contributed by atoms with van der Waals surface area (Å²) in [6.07, 6.45) is 6.83. The molecule has 1 unspecified atom stereocenters. The molecule has 0 fully saturated rings. The van der Waals surface area contributed by atoms with E-state index in [-0.39, 0.29) is 17.2 Å². The molecule has 0 spiro atoms. The molecule has 3 heteroatoms. The number of hydrogen-bond donors (Lipinski definition) is 2. The summed E-state index contributed by atoms with van der Waals surface area (Å²) in [6, 6.07) is 0. The molecule has 0 saturated heterocycles. The molecule has 0 bridgehead atoms. The van der Waals surface area contributed by atoms with E-state index < -0.39 is 0 Å². The van der Waals surface area contributed by atoms with Gasteiger partial charge in [-0.2, -0.15) is 0 Å². The first-order chi connectivity index (χ1) is 8.46. The first-order valence-electron chi connectivity index (χ1n) is 7.44. The van der Waals surface area contributed by atoms with Crippen LogP contribution in [0, 0.1) is 11.3 Å². The van der Waals surface area contributed by atoms with Gasteiger partial charge in [0.05, 0.1) is 5.92 Å². The van der Waals surface area contributed by atoms with Gasteiger partial charge >= 0.3 is 0 Å². The van der Waals surface area contributed by atoms with Crippen molar-refractivity contribution in [2.45, 2.75) is 66.2 Å². The quantitative estimate of drug-likeness (QED) is 0.590. The van der Waals surface area contributed by atoms with Crippen molar-refractivity contribution in [2.75, 3.05) is 13.1 Å². The number of carbonyl (C=O) groups excluding carboxylic acids is 1. The van der Waals surface area contributed by atoms with Crippen LogP contribution in [0.3, 0.4) is 0 Å². The fourth-order valence-electron chi connectivity index (χ4n) is 2.12. The Hall–Kier alpha value is -0.570. The van der Waals surface area contributed by atoms with Gasteiger partial charge in [0, 0.05) is 13.1 Å². The minimum atomic E-state index is -0.0126. The van der Waals surface area contributed by atoms with Gasteiger partial charge in [-0.15, -0.1) is 0 Å². The molecule has 0 aliphatic heterocycles. The van der Waals surface area contributed by atoms with E-state index in [1.807, 2.05) is 0 Å². The molecule has 0 heterocycles. The van der Waals surface area contributed by atoms with Crippen LogP contribution < -0.4 is 11.1 Å². The highest BCUT2D eigenvalue weighted by Crippen LogP contribution is 2.22. The van der Waals surface area contributed by atoms with Gasteiger partial charge in [0.25, 0.3) is 0 Å². The highest BCUT2D eigenvalue weighted by atomic mass is 16.1. The van der Waals surface area contributed by atoms with Crippen LogP contribution in [0.5, 0.6) is 0 Å². The predicted octanol–water partition coefficient (Wildman–Crippen LogP) is 3.08. The van der Waals surface area contributed by atoms with Crippen molar-refractivity contribution in [1.29, 1.82) is 0 Å². The molecule has 0 aliphatic carbocycles. The Kier molecular flexibility index (Phi) is 9.08. The standard InChI is InChI=1S/C15H32N2O/c1-5-7-8-10-15(3,4)12-17-14(18)13(11-16)9-6-2/h13H,5-12,16H2,1-4H3,(H,17,18). The van der Waals surface area contributed by atoms with E-state index >= 15 is 0 Å². The van der Waals surface area contributed by atoms with Crippen molar-refractivity contribution in [2.24, 2.45) is 17.1 Å². The van der Waals surface area contributed by atoms with Gasteiger partial charge in [-0.3, -0.25) is 4.79 Å². The Morgan fingerprint density at radius 2 is 1.89 bits per heavy atom. The van der Waals surface area contributed by atoms with E-state index in [1.54, 1.807) is 0 Å². The van der Waals surface area contributed by atoms with Crippen molar-refractivity contribution >= 4 is 5.91 Å². The molecular formula is C15H32N2O. The summed E-state index contributed by atoms with van der Waals surface area (Å²) in [4.78, 5) is 11.9. The second kappa shape index (κ2) is 9.37. The zero-order valence-electron chi connectivity index (χ0n) is 12.7. The zero-order valence-corrected chi connectivity index (χ0v) is 12.7. The summed E-state index contributed by atoms with van der Waals surface area (Å²) in [5, 5.41) is 3.07. The van der Waals surface area contributed by atoms with Crippen LogP contribution in [0.25, 0.3) is 0 Å². The maximum Gasteiger partial charge on any atom is 0.224 e. The van der Waals surface area contributed by atoms with Crippen LogP contribution in [0.15, 0.2) is 0 Å². The molecule has 0 aromatic carbocycles. The molecule has 0 aromatic heterocycles. The Balaban J connectivity index is 4.00. The number of unbranched alkanes of at least 4 members (excludes halogenated alkanes) is 2. The van der Waals surface area contributed by atoms with Gasteiger partial charge in [0.1, 0.15) is 0 Å².